The molecular formula is C16H20. The second kappa shape index (κ2) is 4.86. The van der Waals surface area contributed by atoms with Crippen molar-refractivity contribution in [3.8, 4) is 0 Å². The van der Waals surface area contributed by atoms with Crippen molar-refractivity contribution in [2.75, 3.05) is 0 Å². The zero-order valence-corrected chi connectivity index (χ0v) is 10.5. The summed E-state index contributed by atoms with van der Waals surface area (Å²) in [6, 6.07) is 0. The summed E-state index contributed by atoms with van der Waals surface area (Å²) in [6.45, 7) is 6.62. The van der Waals surface area contributed by atoms with Gasteiger partial charge in [-0.25, -0.2) is 0 Å². The van der Waals surface area contributed by atoms with Crippen LogP contribution < -0.4 is 0 Å². The molecule has 0 fully saturated rings. The molecule has 0 saturated carbocycles. The second-order valence-corrected chi connectivity index (χ2v) is 4.87. The Morgan fingerprint density at radius 3 is 2.56 bits per heavy atom. The zero-order chi connectivity index (χ0) is 11.5. The molecule has 2 aliphatic carbocycles. The Labute approximate surface area is 99.4 Å². The van der Waals surface area contributed by atoms with Crippen LogP contribution in [0, 0.1) is 12.8 Å². The minimum atomic E-state index is 1.09. The molecule has 0 aliphatic heterocycles. The molecule has 0 amide bonds. The molecule has 0 unspecified atom stereocenters. The topological polar surface area (TPSA) is 0 Å². The van der Waals surface area contributed by atoms with Gasteiger partial charge >= 0.3 is 0 Å². The van der Waals surface area contributed by atoms with Crippen molar-refractivity contribution >= 4 is 0 Å². The van der Waals surface area contributed by atoms with Crippen molar-refractivity contribution in [3.63, 3.8) is 0 Å². The lowest BCUT2D eigenvalue weighted by Gasteiger charge is -2.18. The van der Waals surface area contributed by atoms with E-state index in [-0.39, 0.29) is 0 Å². The van der Waals surface area contributed by atoms with Gasteiger partial charge < -0.3 is 0 Å². The highest BCUT2D eigenvalue weighted by atomic mass is 14.2. The second-order valence-electron chi connectivity index (χ2n) is 4.87. The van der Waals surface area contributed by atoms with Crippen LogP contribution in [0.25, 0.3) is 0 Å². The first kappa shape index (κ1) is 11.4. The van der Waals surface area contributed by atoms with Gasteiger partial charge in [-0.2, -0.15) is 0 Å². The van der Waals surface area contributed by atoms with Gasteiger partial charge in [0.2, 0.25) is 0 Å². The molecule has 0 nitrogen and oxygen atoms in total. The van der Waals surface area contributed by atoms with E-state index in [2.05, 4.69) is 51.8 Å². The molecule has 0 aromatic carbocycles. The molecule has 2 rings (SSSR count). The van der Waals surface area contributed by atoms with Crippen molar-refractivity contribution < 1.29 is 0 Å². The summed E-state index contributed by atoms with van der Waals surface area (Å²) in [6.07, 6.45) is 14.9. The molecule has 0 aromatic rings. The van der Waals surface area contributed by atoms with Crippen LogP contribution in [0.3, 0.4) is 0 Å². The predicted octanol–water partition coefficient (Wildman–Crippen LogP) is 4.73. The van der Waals surface area contributed by atoms with Crippen LogP contribution >= 0.6 is 0 Å². The summed E-state index contributed by atoms with van der Waals surface area (Å²) < 4.78 is 0. The zero-order valence-electron chi connectivity index (χ0n) is 10.5. The predicted molar refractivity (Wildman–Crippen MR) is 70.7 cm³/mol. The Morgan fingerprint density at radius 1 is 1.06 bits per heavy atom. The molecule has 16 heavy (non-hydrogen) atoms. The average Bonchev–Trinajstić information content (AvgIpc) is 2.24. The smallest absolute Gasteiger partial charge is 0.0113 e. The maximum atomic E-state index is 2.37. The fraction of sp³-hybridized carbons (Fsp3) is 0.375. The van der Waals surface area contributed by atoms with Gasteiger partial charge in [0, 0.05) is 6.42 Å². The molecule has 0 bridgehead atoms. The highest BCUT2D eigenvalue weighted by molar-refractivity contribution is 5.42. The lowest BCUT2D eigenvalue weighted by Crippen LogP contribution is -2.00. The van der Waals surface area contributed by atoms with Crippen molar-refractivity contribution in [3.05, 3.63) is 58.9 Å². The summed E-state index contributed by atoms with van der Waals surface area (Å²) in [7, 11) is 0. The van der Waals surface area contributed by atoms with Crippen molar-refractivity contribution in [2.24, 2.45) is 0 Å². The fourth-order valence-electron chi connectivity index (χ4n) is 2.19. The molecule has 0 heteroatoms. The summed E-state index contributed by atoms with van der Waals surface area (Å²) in [5.74, 6) is 0. The van der Waals surface area contributed by atoms with E-state index in [1.54, 1.807) is 0 Å². The molecule has 0 saturated heterocycles. The Balaban J connectivity index is 2.00. The maximum Gasteiger partial charge on any atom is 0.0113 e. The van der Waals surface area contributed by atoms with Gasteiger partial charge in [-0.3, -0.25) is 0 Å². The third kappa shape index (κ3) is 2.75. The third-order valence-electron chi connectivity index (χ3n) is 3.39. The van der Waals surface area contributed by atoms with E-state index in [9.17, 15) is 0 Å². The van der Waals surface area contributed by atoms with Crippen LogP contribution in [-0.4, -0.2) is 0 Å². The summed E-state index contributed by atoms with van der Waals surface area (Å²) in [5.41, 5.74) is 7.29. The van der Waals surface area contributed by atoms with Gasteiger partial charge in [0.15, 0.2) is 0 Å². The fourth-order valence-corrected chi connectivity index (χ4v) is 2.19. The van der Waals surface area contributed by atoms with Crippen molar-refractivity contribution in [2.45, 2.75) is 40.0 Å². The molecule has 0 atom stereocenters. The van der Waals surface area contributed by atoms with E-state index < -0.39 is 0 Å². The Hall–Kier alpha value is -1.04. The number of allylic oxidation sites excluding steroid dienone is 8. The van der Waals surface area contributed by atoms with Crippen molar-refractivity contribution in [1.82, 2.24) is 0 Å². The van der Waals surface area contributed by atoms with Gasteiger partial charge in [0.05, 0.1) is 0 Å². The molecule has 0 spiro atoms. The molecular weight excluding hydrogens is 192 g/mol. The number of hydrogen-bond donors (Lipinski definition) is 0. The van der Waals surface area contributed by atoms with E-state index in [1.807, 2.05) is 0 Å². The molecule has 0 aromatic heterocycles. The molecule has 0 N–H and O–H groups in total. The van der Waals surface area contributed by atoms with E-state index in [0.717, 1.165) is 19.3 Å². The van der Waals surface area contributed by atoms with Crippen LogP contribution in [-0.2, 0) is 0 Å². The Bertz CT molecular complexity index is 400. The van der Waals surface area contributed by atoms with E-state index in [1.165, 1.54) is 27.9 Å². The van der Waals surface area contributed by atoms with Crippen LogP contribution in [0.4, 0.5) is 0 Å². The van der Waals surface area contributed by atoms with E-state index >= 15 is 0 Å². The normalized spacial score (nSPS) is 21.6. The molecule has 84 valence electrons. The van der Waals surface area contributed by atoms with Crippen LogP contribution in [0.1, 0.15) is 40.0 Å². The third-order valence-corrected chi connectivity index (χ3v) is 3.39. The molecule has 0 heterocycles. The van der Waals surface area contributed by atoms with Crippen molar-refractivity contribution in [1.29, 1.82) is 0 Å². The molecule has 2 aliphatic rings. The van der Waals surface area contributed by atoms with Gasteiger partial charge in [0.1, 0.15) is 0 Å². The lowest BCUT2D eigenvalue weighted by atomic mass is 9.87. The van der Waals surface area contributed by atoms with Gasteiger partial charge in [-0.1, -0.05) is 46.1 Å². The van der Waals surface area contributed by atoms with Crippen LogP contribution in [0.15, 0.2) is 46.1 Å². The minimum absolute atomic E-state index is 1.09. The van der Waals surface area contributed by atoms with Crippen LogP contribution in [0.2, 0.25) is 0 Å². The summed E-state index contributed by atoms with van der Waals surface area (Å²) in [4.78, 5) is 0. The highest BCUT2D eigenvalue weighted by Gasteiger charge is 2.11. The summed E-state index contributed by atoms with van der Waals surface area (Å²) >= 11 is 0. The quantitative estimate of drug-likeness (QED) is 0.621. The van der Waals surface area contributed by atoms with Gasteiger partial charge in [0.25, 0.3) is 0 Å². The lowest BCUT2D eigenvalue weighted by molar-refractivity contribution is 0.998. The van der Waals surface area contributed by atoms with Gasteiger partial charge in [-0.15, -0.1) is 0 Å². The Kier molecular flexibility index (Phi) is 3.48. The van der Waals surface area contributed by atoms with E-state index in [0.29, 0.717) is 0 Å². The minimum Gasteiger partial charge on any atom is -0.0810 e. The monoisotopic (exact) mass is 212 g/mol. The first-order chi connectivity index (χ1) is 7.65. The highest BCUT2D eigenvalue weighted by Crippen LogP contribution is 2.29. The first-order valence-corrected chi connectivity index (χ1v) is 6.06. The number of rotatable bonds is 2. The summed E-state index contributed by atoms with van der Waals surface area (Å²) in [5, 5.41) is 0. The van der Waals surface area contributed by atoms with Gasteiger partial charge in [-0.05, 0) is 46.5 Å². The average molecular weight is 212 g/mol. The Morgan fingerprint density at radius 2 is 1.88 bits per heavy atom. The van der Waals surface area contributed by atoms with E-state index in [4.69, 9.17) is 0 Å². The molecule has 2 radical (unpaired) electrons. The SMILES string of the molecule is CC1=CC[CH]C(CC2=CCC(C)=C(C)[CH]2)=C1. The first-order valence-electron chi connectivity index (χ1n) is 6.06. The largest absolute Gasteiger partial charge is 0.0810 e. The maximum absolute atomic E-state index is 2.37. The standard InChI is InChI=1S/C16H20/c1-12-5-4-6-15(9-12)11-16-8-7-13(2)14(3)10-16/h5-6,8-10H,4,7,11H2,1-3H3. The van der Waals surface area contributed by atoms with Crippen LogP contribution in [0.5, 0.6) is 0 Å². The number of hydrogen-bond acceptors (Lipinski definition) is 0.